The molecule has 0 aliphatic carbocycles. The van der Waals surface area contributed by atoms with Crippen LogP contribution in [-0.4, -0.2) is 47.0 Å². The molecule has 0 saturated carbocycles. The molecule has 120 valence electrons. The lowest BCUT2D eigenvalue weighted by Gasteiger charge is -2.37. The molecule has 0 radical (unpaired) electrons. The molecule has 0 bridgehead atoms. The smallest absolute Gasteiger partial charge is 0.317 e. The van der Waals surface area contributed by atoms with Gasteiger partial charge in [0.05, 0.1) is 0 Å². The minimum absolute atomic E-state index is 0.0825. The van der Waals surface area contributed by atoms with Crippen molar-refractivity contribution >= 4 is 29.4 Å². The summed E-state index contributed by atoms with van der Waals surface area (Å²) in [4.78, 5) is 25.7. The summed E-state index contributed by atoms with van der Waals surface area (Å²) >= 11 is 1.89. The largest absolute Gasteiger partial charge is 0.337 e. The quantitative estimate of drug-likeness (QED) is 0.896. The topological polar surface area (TPSA) is 61.4 Å². The molecule has 6 heteroatoms. The first kappa shape index (κ1) is 16.7. The van der Waals surface area contributed by atoms with Gasteiger partial charge in [-0.1, -0.05) is 18.2 Å². The normalized spacial score (nSPS) is 16.9. The van der Waals surface area contributed by atoms with Crippen LogP contribution in [-0.2, 0) is 4.79 Å². The van der Waals surface area contributed by atoms with Crippen molar-refractivity contribution in [2.45, 2.75) is 25.0 Å². The van der Waals surface area contributed by atoms with Crippen LogP contribution in [0.4, 0.5) is 10.5 Å². The second kappa shape index (κ2) is 7.54. The number of nitrogens with one attached hydrogen (secondary N) is 2. The number of rotatable bonds is 4. The van der Waals surface area contributed by atoms with Gasteiger partial charge in [0.25, 0.3) is 0 Å². The van der Waals surface area contributed by atoms with Gasteiger partial charge in [-0.05, 0) is 26.0 Å². The third-order valence-electron chi connectivity index (χ3n) is 3.40. The Morgan fingerprint density at radius 1 is 1.27 bits per heavy atom. The van der Waals surface area contributed by atoms with Crippen molar-refractivity contribution in [2.75, 3.05) is 30.7 Å². The van der Waals surface area contributed by atoms with Gasteiger partial charge in [0.15, 0.2) is 0 Å². The first-order valence-corrected chi connectivity index (χ1v) is 8.46. The molecule has 0 unspecified atom stereocenters. The fourth-order valence-electron chi connectivity index (χ4n) is 2.33. The number of carbonyl (C=O) groups excluding carboxylic acids is 2. The highest BCUT2D eigenvalue weighted by Gasteiger charge is 2.29. The number of amides is 3. The highest BCUT2D eigenvalue weighted by atomic mass is 32.2. The Hall–Kier alpha value is -1.69. The van der Waals surface area contributed by atoms with E-state index in [2.05, 4.69) is 24.5 Å². The summed E-state index contributed by atoms with van der Waals surface area (Å²) in [5.41, 5.74) is 0.772. The summed E-state index contributed by atoms with van der Waals surface area (Å²) in [7, 11) is 0. The van der Waals surface area contributed by atoms with Crippen molar-refractivity contribution in [3.05, 3.63) is 30.3 Å². The number of hydrogen-bond acceptors (Lipinski definition) is 3. The number of anilines is 1. The van der Waals surface area contributed by atoms with Crippen molar-refractivity contribution < 1.29 is 9.59 Å². The van der Waals surface area contributed by atoms with Gasteiger partial charge in [-0.25, -0.2) is 4.79 Å². The minimum atomic E-state index is -0.0963. The highest BCUT2D eigenvalue weighted by Crippen LogP contribution is 2.29. The lowest BCUT2D eigenvalue weighted by Crippen LogP contribution is -2.50. The van der Waals surface area contributed by atoms with Gasteiger partial charge in [-0.2, -0.15) is 11.8 Å². The van der Waals surface area contributed by atoms with E-state index >= 15 is 0 Å². The monoisotopic (exact) mass is 321 g/mol. The number of carbonyl (C=O) groups is 2. The zero-order valence-electron chi connectivity index (χ0n) is 13.1. The first-order valence-electron chi connectivity index (χ1n) is 7.48. The van der Waals surface area contributed by atoms with Crippen molar-refractivity contribution in [3.8, 4) is 0 Å². The third-order valence-corrected chi connectivity index (χ3v) is 4.70. The van der Waals surface area contributed by atoms with Gasteiger partial charge in [0.1, 0.15) is 0 Å². The Labute approximate surface area is 135 Å². The lowest BCUT2D eigenvalue weighted by molar-refractivity contribution is -0.116. The van der Waals surface area contributed by atoms with E-state index in [1.807, 2.05) is 47.0 Å². The van der Waals surface area contributed by atoms with Crippen LogP contribution in [0, 0.1) is 0 Å². The molecule has 1 heterocycles. The Balaban J connectivity index is 1.69. The van der Waals surface area contributed by atoms with Crippen LogP contribution in [0.3, 0.4) is 0 Å². The van der Waals surface area contributed by atoms with E-state index in [1.54, 1.807) is 0 Å². The molecule has 1 aromatic rings. The summed E-state index contributed by atoms with van der Waals surface area (Å²) in [5.74, 6) is 0.857. The zero-order chi connectivity index (χ0) is 16.0. The molecule has 1 saturated heterocycles. The maximum Gasteiger partial charge on any atom is 0.317 e. The Morgan fingerprint density at radius 2 is 2.00 bits per heavy atom. The van der Waals surface area contributed by atoms with Gasteiger partial charge in [-0.3, -0.25) is 4.79 Å². The average Bonchev–Trinajstić information content (AvgIpc) is 2.47. The molecular weight excluding hydrogens is 298 g/mol. The van der Waals surface area contributed by atoms with E-state index in [-0.39, 0.29) is 23.1 Å². The van der Waals surface area contributed by atoms with E-state index in [1.165, 1.54) is 0 Å². The van der Waals surface area contributed by atoms with Crippen LogP contribution in [0.5, 0.6) is 0 Å². The molecule has 1 aromatic carbocycles. The van der Waals surface area contributed by atoms with Crippen LogP contribution >= 0.6 is 11.8 Å². The van der Waals surface area contributed by atoms with Crippen molar-refractivity contribution in [1.29, 1.82) is 0 Å². The fourth-order valence-corrected chi connectivity index (χ4v) is 3.44. The third kappa shape index (κ3) is 5.26. The molecule has 3 amide bonds. The number of hydrogen-bond donors (Lipinski definition) is 2. The Bertz CT molecular complexity index is 519. The summed E-state index contributed by atoms with van der Waals surface area (Å²) < 4.78 is 0.0975. The predicted molar refractivity (Wildman–Crippen MR) is 91.2 cm³/mol. The first-order chi connectivity index (χ1) is 10.5. The number of thioether (sulfide) groups is 1. The maximum atomic E-state index is 12.1. The number of urea groups is 1. The molecule has 1 aliphatic rings. The summed E-state index contributed by atoms with van der Waals surface area (Å²) in [5, 5.41) is 5.62. The molecular formula is C16H23N3O2S. The highest BCUT2D eigenvalue weighted by molar-refractivity contribution is 8.00. The van der Waals surface area contributed by atoms with Gasteiger partial charge >= 0.3 is 6.03 Å². The molecule has 0 aromatic heterocycles. The van der Waals surface area contributed by atoms with Crippen LogP contribution < -0.4 is 10.6 Å². The molecule has 1 fully saturated rings. The van der Waals surface area contributed by atoms with Crippen molar-refractivity contribution in [2.24, 2.45) is 0 Å². The molecule has 2 N–H and O–H groups in total. The summed E-state index contributed by atoms with van der Waals surface area (Å²) in [6, 6.07) is 9.23. The van der Waals surface area contributed by atoms with Gasteiger partial charge in [0.2, 0.25) is 5.91 Å². The van der Waals surface area contributed by atoms with Gasteiger partial charge in [0, 0.05) is 42.2 Å². The Kier molecular flexibility index (Phi) is 5.71. The van der Waals surface area contributed by atoms with Gasteiger partial charge < -0.3 is 15.5 Å². The van der Waals surface area contributed by atoms with E-state index in [9.17, 15) is 9.59 Å². The molecule has 0 spiro atoms. The van der Waals surface area contributed by atoms with E-state index in [0.717, 1.165) is 24.5 Å². The molecule has 1 aliphatic heterocycles. The maximum absolute atomic E-state index is 12.1. The molecule has 0 atom stereocenters. The molecule has 2 rings (SSSR count). The van der Waals surface area contributed by atoms with E-state index < -0.39 is 0 Å². The van der Waals surface area contributed by atoms with Gasteiger partial charge in [-0.15, -0.1) is 0 Å². The Morgan fingerprint density at radius 3 is 2.68 bits per heavy atom. The average molecular weight is 321 g/mol. The van der Waals surface area contributed by atoms with Crippen molar-refractivity contribution in [1.82, 2.24) is 10.2 Å². The zero-order valence-corrected chi connectivity index (χ0v) is 13.9. The number of benzene rings is 1. The molecule has 5 nitrogen and oxygen atoms in total. The standard InChI is InChI=1S/C16H23N3O2S/c1-16(2)12-19(10-11-22-16)15(21)17-9-8-14(20)18-13-6-4-3-5-7-13/h3-7H,8-12H2,1-2H3,(H,17,21)(H,18,20). The predicted octanol–water partition coefficient (Wildman–Crippen LogP) is 2.55. The second-order valence-electron chi connectivity index (χ2n) is 5.93. The molecule has 22 heavy (non-hydrogen) atoms. The summed E-state index contributed by atoms with van der Waals surface area (Å²) in [6.07, 6.45) is 0.270. The fraction of sp³-hybridized carbons (Fsp3) is 0.500. The summed E-state index contributed by atoms with van der Waals surface area (Å²) in [6.45, 7) is 6.13. The number of nitrogens with zero attached hydrogens (tertiary/aromatic N) is 1. The SMILES string of the molecule is CC1(C)CN(C(=O)NCCC(=O)Nc2ccccc2)CCS1. The van der Waals surface area contributed by atoms with Crippen LogP contribution in [0.25, 0.3) is 0 Å². The lowest BCUT2D eigenvalue weighted by atomic mass is 10.2. The van der Waals surface area contributed by atoms with E-state index in [4.69, 9.17) is 0 Å². The number of para-hydroxylation sites is 1. The van der Waals surface area contributed by atoms with Crippen LogP contribution in [0.15, 0.2) is 30.3 Å². The second-order valence-corrected chi connectivity index (χ2v) is 7.73. The van der Waals surface area contributed by atoms with Crippen LogP contribution in [0.1, 0.15) is 20.3 Å². The van der Waals surface area contributed by atoms with Crippen molar-refractivity contribution in [3.63, 3.8) is 0 Å². The van der Waals surface area contributed by atoms with Crippen LogP contribution in [0.2, 0.25) is 0 Å². The minimum Gasteiger partial charge on any atom is -0.337 e. The van der Waals surface area contributed by atoms with E-state index in [0.29, 0.717) is 6.54 Å².